The summed E-state index contributed by atoms with van der Waals surface area (Å²) in [5, 5.41) is 4.00. The molecule has 0 bridgehead atoms. The van der Waals surface area contributed by atoms with Crippen LogP contribution in [0.25, 0.3) is 0 Å². The molecule has 0 spiro atoms. The molecule has 1 unspecified atom stereocenters. The normalized spacial score (nSPS) is 18.5. The highest BCUT2D eigenvalue weighted by atomic mass is 32.1. The molecular weight excluding hydrogens is 420 g/mol. The molecule has 0 radical (unpaired) electrons. The van der Waals surface area contributed by atoms with Crippen LogP contribution in [0.3, 0.4) is 0 Å². The van der Waals surface area contributed by atoms with Gasteiger partial charge in [0.2, 0.25) is 0 Å². The van der Waals surface area contributed by atoms with Gasteiger partial charge in [0, 0.05) is 43.4 Å². The van der Waals surface area contributed by atoms with Gasteiger partial charge in [-0.2, -0.15) is 0 Å². The highest BCUT2D eigenvalue weighted by Gasteiger charge is 2.31. The summed E-state index contributed by atoms with van der Waals surface area (Å²) in [5.41, 5.74) is 4.35. The van der Waals surface area contributed by atoms with Crippen LogP contribution in [-0.4, -0.2) is 50.0 Å². The van der Waals surface area contributed by atoms with Crippen LogP contribution in [0.1, 0.15) is 63.2 Å². The van der Waals surface area contributed by atoms with Crippen LogP contribution in [0.15, 0.2) is 30.3 Å². The van der Waals surface area contributed by atoms with Crippen LogP contribution in [0.2, 0.25) is 0 Å². The van der Waals surface area contributed by atoms with E-state index in [1.165, 1.54) is 22.7 Å². The summed E-state index contributed by atoms with van der Waals surface area (Å²) in [6.07, 6.45) is 4.10. The fourth-order valence-corrected chi connectivity index (χ4v) is 5.42. The van der Waals surface area contributed by atoms with Crippen molar-refractivity contribution in [3.8, 4) is 0 Å². The second-order valence-corrected chi connectivity index (χ2v) is 9.51. The molecule has 7 nitrogen and oxygen atoms in total. The SMILES string of the molecule is Cc1nnsc1C(=O)N1CCCC(c2nc(C)c3c(n2)N(Cc2ccccc2)CCC3)C1. The number of anilines is 1. The highest BCUT2D eigenvalue weighted by Crippen LogP contribution is 2.33. The maximum Gasteiger partial charge on any atom is 0.267 e. The number of benzene rings is 1. The van der Waals surface area contributed by atoms with Gasteiger partial charge >= 0.3 is 0 Å². The van der Waals surface area contributed by atoms with Gasteiger partial charge in [-0.25, -0.2) is 9.97 Å². The van der Waals surface area contributed by atoms with Crippen molar-refractivity contribution in [1.29, 1.82) is 0 Å². The summed E-state index contributed by atoms with van der Waals surface area (Å²) < 4.78 is 3.93. The average Bonchev–Trinajstić information content (AvgIpc) is 3.25. The number of aromatic nitrogens is 4. The Morgan fingerprint density at radius 3 is 2.72 bits per heavy atom. The number of amides is 1. The second-order valence-electron chi connectivity index (χ2n) is 8.76. The molecule has 0 saturated carbocycles. The summed E-state index contributed by atoms with van der Waals surface area (Å²) in [4.78, 5) is 28.0. The topological polar surface area (TPSA) is 75.1 Å². The third-order valence-corrected chi connectivity index (χ3v) is 7.32. The van der Waals surface area contributed by atoms with Gasteiger partial charge in [-0.05, 0) is 56.6 Å². The number of hydrogen-bond donors (Lipinski definition) is 0. The lowest BCUT2D eigenvalue weighted by Gasteiger charge is -2.34. The van der Waals surface area contributed by atoms with Crippen molar-refractivity contribution in [3.05, 3.63) is 63.5 Å². The van der Waals surface area contributed by atoms with Gasteiger partial charge in [0.25, 0.3) is 5.91 Å². The van der Waals surface area contributed by atoms with E-state index in [1.54, 1.807) is 0 Å². The molecule has 2 aliphatic rings. The number of fused-ring (bicyclic) bond motifs is 1. The van der Waals surface area contributed by atoms with E-state index < -0.39 is 0 Å². The molecule has 8 heteroatoms. The molecule has 0 aliphatic carbocycles. The van der Waals surface area contributed by atoms with Gasteiger partial charge < -0.3 is 9.80 Å². The molecule has 1 aromatic carbocycles. The molecule has 32 heavy (non-hydrogen) atoms. The molecule has 3 aromatic rings. The molecule has 1 saturated heterocycles. The molecule has 2 aromatic heterocycles. The van der Waals surface area contributed by atoms with Crippen LogP contribution in [0, 0.1) is 13.8 Å². The van der Waals surface area contributed by atoms with Crippen LogP contribution >= 0.6 is 11.5 Å². The summed E-state index contributed by atoms with van der Waals surface area (Å²) in [6.45, 7) is 7.22. The Balaban J connectivity index is 1.40. The van der Waals surface area contributed by atoms with Crippen LogP contribution in [0.4, 0.5) is 5.82 Å². The van der Waals surface area contributed by atoms with E-state index in [-0.39, 0.29) is 11.8 Å². The van der Waals surface area contributed by atoms with Gasteiger partial charge in [-0.1, -0.05) is 34.8 Å². The van der Waals surface area contributed by atoms with Crippen molar-refractivity contribution in [2.24, 2.45) is 0 Å². The first-order valence-corrected chi connectivity index (χ1v) is 12.1. The van der Waals surface area contributed by atoms with Gasteiger partial charge in [0.1, 0.15) is 16.5 Å². The zero-order valence-corrected chi connectivity index (χ0v) is 19.4. The monoisotopic (exact) mass is 448 g/mol. The zero-order valence-electron chi connectivity index (χ0n) is 18.6. The Labute approximate surface area is 192 Å². The smallest absolute Gasteiger partial charge is 0.267 e. The number of aryl methyl sites for hydroxylation is 2. The van der Waals surface area contributed by atoms with E-state index >= 15 is 0 Å². The number of hydrogen-bond acceptors (Lipinski definition) is 7. The Kier molecular flexibility index (Phi) is 5.87. The average molecular weight is 449 g/mol. The van der Waals surface area contributed by atoms with E-state index in [4.69, 9.17) is 9.97 Å². The Morgan fingerprint density at radius 2 is 1.94 bits per heavy atom. The third-order valence-electron chi connectivity index (χ3n) is 6.50. The fourth-order valence-electron chi connectivity index (χ4n) is 4.79. The molecule has 1 amide bonds. The summed E-state index contributed by atoms with van der Waals surface area (Å²) in [6, 6.07) is 10.6. The molecule has 0 N–H and O–H groups in total. The number of carbonyl (C=O) groups excluding carboxylic acids is 1. The van der Waals surface area contributed by atoms with E-state index in [9.17, 15) is 4.79 Å². The standard InChI is InChI=1S/C24H28N6OS/c1-16-20-11-7-12-29(14-18-8-4-3-5-9-18)23(20)26-22(25-16)19-10-6-13-30(15-19)24(31)21-17(2)27-28-32-21/h3-5,8-9,19H,6-7,10-15H2,1-2H3. The van der Waals surface area contributed by atoms with Crippen molar-refractivity contribution in [2.45, 2.75) is 52.0 Å². The lowest BCUT2D eigenvalue weighted by molar-refractivity contribution is 0.0708. The maximum atomic E-state index is 13.0. The molecule has 1 atom stereocenters. The minimum absolute atomic E-state index is 0.0302. The van der Waals surface area contributed by atoms with Crippen LogP contribution < -0.4 is 4.90 Å². The Bertz CT molecular complexity index is 1110. The van der Waals surface area contributed by atoms with Crippen molar-refractivity contribution < 1.29 is 4.79 Å². The molecule has 2 aliphatic heterocycles. The summed E-state index contributed by atoms with van der Waals surface area (Å²) in [7, 11) is 0. The molecule has 5 rings (SSSR count). The minimum Gasteiger partial charge on any atom is -0.352 e. The molecule has 166 valence electrons. The lowest BCUT2D eigenvalue weighted by Crippen LogP contribution is -2.40. The lowest BCUT2D eigenvalue weighted by atomic mass is 9.95. The zero-order chi connectivity index (χ0) is 22.1. The van der Waals surface area contributed by atoms with Crippen LogP contribution in [0.5, 0.6) is 0 Å². The maximum absolute atomic E-state index is 13.0. The first kappa shape index (κ1) is 21.0. The highest BCUT2D eigenvalue weighted by molar-refractivity contribution is 7.07. The molecular formula is C24H28N6OS. The largest absolute Gasteiger partial charge is 0.352 e. The predicted octanol–water partition coefficient (Wildman–Crippen LogP) is 3.92. The van der Waals surface area contributed by atoms with E-state index in [1.807, 2.05) is 11.8 Å². The minimum atomic E-state index is 0.0302. The first-order valence-electron chi connectivity index (χ1n) is 11.3. The number of carbonyl (C=O) groups is 1. The van der Waals surface area contributed by atoms with Gasteiger partial charge in [0.15, 0.2) is 0 Å². The fraction of sp³-hybridized carbons (Fsp3) is 0.458. The summed E-state index contributed by atoms with van der Waals surface area (Å²) >= 11 is 1.18. The summed E-state index contributed by atoms with van der Waals surface area (Å²) in [5.74, 6) is 2.13. The predicted molar refractivity (Wildman–Crippen MR) is 125 cm³/mol. The van der Waals surface area contributed by atoms with Crippen LogP contribution in [-0.2, 0) is 13.0 Å². The van der Waals surface area contributed by atoms with E-state index in [0.717, 1.165) is 62.7 Å². The first-order chi connectivity index (χ1) is 15.6. The quantitative estimate of drug-likeness (QED) is 0.602. The number of rotatable bonds is 4. The van der Waals surface area contributed by atoms with Gasteiger partial charge in [0.05, 0.1) is 5.69 Å². The molecule has 1 fully saturated rings. The third kappa shape index (κ3) is 4.11. The Morgan fingerprint density at radius 1 is 1.09 bits per heavy atom. The van der Waals surface area contributed by atoms with Crippen molar-refractivity contribution in [1.82, 2.24) is 24.5 Å². The second kappa shape index (κ2) is 8.94. The van der Waals surface area contributed by atoms with Gasteiger partial charge in [-0.3, -0.25) is 4.79 Å². The van der Waals surface area contributed by atoms with Crippen molar-refractivity contribution in [3.63, 3.8) is 0 Å². The number of nitrogens with zero attached hydrogens (tertiary/aromatic N) is 6. The van der Waals surface area contributed by atoms with Gasteiger partial charge in [-0.15, -0.1) is 5.10 Å². The van der Waals surface area contributed by atoms with E-state index in [2.05, 4.69) is 51.7 Å². The van der Waals surface area contributed by atoms with Crippen molar-refractivity contribution in [2.75, 3.05) is 24.5 Å². The number of likely N-dealkylation sites (tertiary alicyclic amines) is 1. The number of piperidine rings is 1. The van der Waals surface area contributed by atoms with Crippen molar-refractivity contribution >= 4 is 23.3 Å². The molecule has 4 heterocycles. The van der Waals surface area contributed by atoms with E-state index in [0.29, 0.717) is 17.1 Å². The Hall–Kier alpha value is -2.87.